The van der Waals surface area contributed by atoms with Crippen LogP contribution in [0.25, 0.3) is 0 Å². The van der Waals surface area contributed by atoms with Gasteiger partial charge in [0.2, 0.25) is 0 Å². The van der Waals surface area contributed by atoms with Gasteiger partial charge in [0.25, 0.3) is 0 Å². The molecule has 0 bridgehead atoms. The van der Waals surface area contributed by atoms with E-state index < -0.39 is 5.97 Å². The van der Waals surface area contributed by atoms with Crippen molar-refractivity contribution in [1.82, 2.24) is 10.2 Å². The summed E-state index contributed by atoms with van der Waals surface area (Å²) in [5.41, 5.74) is 0.0606. The maximum absolute atomic E-state index is 12.0. The maximum atomic E-state index is 12.0. The number of aliphatic carboxylic acids is 1. The first-order valence-electron chi connectivity index (χ1n) is 6.49. The zero-order valence-corrected chi connectivity index (χ0v) is 12.1. The van der Waals surface area contributed by atoms with Crippen LogP contribution < -0.4 is 5.32 Å². The Bertz CT molecular complexity index is 290. The first kappa shape index (κ1) is 16.7. The Morgan fingerprint density at radius 2 is 1.89 bits per heavy atom. The van der Waals surface area contributed by atoms with E-state index in [1.807, 2.05) is 6.92 Å². The monoisotopic (exact) mass is 258 g/mol. The number of amides is 2. The second kappa shape index (κ2) is 7.24. The molecule has 0 aliphatic carbocycles. The number of hydrogen-bond donors (Lipinski definition) is 2. The van der Waals surface area contributed by atoms with E-state index in [1.165, 1.54) is 0 Å². The molecule has 18 heavy (non-hydrogen) atoms. The average molecular weight is 258 g/mol. The number of carboxylic acid groups (broad SMARTS) is 1. The summed E-state index contributed by atoms with van der Waals surface area (Å²) in [5, 5.41) is 11.6. The molecule has 0 radical (unpaired) electrons. The van der Waals surface area contributed by atoms with Crippen LogP contribution in [0.15, 0.2) is 0 Å². The van der Waals surface area contributed by atoms with Gasteiger partial charge in [-0.1, -0.05) is 20.8 Å². The molecule has 2 amide bonds. The minimum Gasteiger partial charge on any atom is -0.481 e. The predicted octanol–water partition coefficient (Wildman–Crippen LogP) is 2.32. The lowest BCUT2D eigenvalue weighted by molar-refractivity contribution is -0.138. The molecule has 0 aliphatic heterocycles. The van der Waals surface area contributed by atoms with Gasteiger partial charge in [-0.25, -0.2) is 4.79 Å². The van der Waals surface area contributed by atoms with Gasteiger partial charge in [0.05, 0.1) is 6.42 Å². The summed E-state index contributed by atoms with van der Waals surface area (Å²) in [4.78, 5) is 24.2. The van der Waals surface area contributed by atoms with Gasteiger partial charge in [-0.15, -0.1) is 0 Å². The third-order valence-electron chi connectivity index (χ3n) is 3.28. The minimum absolute atomic E-state index is 0.0293. The van der Waals surface area contributed by atoms with Crippen LogP contribution in [0.2, 0.25) is 0 Å². The van der Waals surface area contributed by atoms with Crippen LogP contribution in [0.3, 0.4) is 0 Å². The fraction of sp³-hybridized carbons (Fsp3) is 0.846. The molecule has 0 aliphatic rings. The lowest BCUT2D eigenvalue weighted by atomic mass is 9.90. The fourth-order valence-electron chi connectivity index (χ4n) is 1.56. The van der Waals surface area contributed by atoms with Gasteiger partial charge in [-0.05, 0) is 25.7 Å². The van der Waals surface area contributed by atoms with Gasteiger partial charge in [-0.3, -0.25) is 4.79 Å². The fourth-order valence-corrected chi connectivity index (χ4v) is 1.56. The van der Waals surface area contributed by atoms with E-state index in [0.29, 0.717) is 13.1 Å². The lowest BCUT2D eigenvalue weighted by Crippen LogP contribution is -2.47. The largest absolute Gasteiger partial charge is 0.481 e. The van der Waals surface area contributed by atoms with Crippen LogP contribution in [0.4, 0.5) is 4.79 Å². The third-order valence-corrected chi connectivity index (χ3v) is 3.28. The molecule has 106 valence electrons. The predicted molar refractivity (Wildman–Crippen MR) is 71.6 cm³/mol. The van der Waals surface area contributed by atoms with E-state index in [1.54, 1.807) is 11.8 Å². The number of carboxylic acids is 1. The highest BCUT2D eigenvalue weighted by Crippen LogP contribution is 2.18. The van der Waals surface area contributed by atoms with Gasteiger partial charge >= 0.3 is 12.0 Å². The Kier molecular flexibility index (Phi) is 6.73. The van der Waals surface area contributed by atoms with Crippen LogP contribution in [0.5, 0.6) is 0 Å². The molecular formula is C13H26N2O3. The minimum atomic E-state index is -0.886. The number of nitrogens with zero attached hydrogens (tertiary/aromatic N) is 1. The van der Waals surface area contributed by atoms with E-state index in [0.717, 1.165) is 6.42 Å². The Labute approximate surface area is 110 Å². The molecule has 0 saturated heterocycles. The number of nitrogens with one attached hydrogen (secondary N) is 1. The van der Waals surface area contributed by atoms with Crippen molar-refractivity contribution < 1.29 is 14.7 Å². The van der Waals surface area contributed by atoms with Crippen molar-refractivity contribution in [3.05, 3.63) is 0 Å². The number of carbonyl (C=O) groups excluding carboxylic acids is 1. The molecule has 0 fully saturated rings. The van der Waals surface area contributed by atoms with Crippen LogP contribution in [0.1, 0.15) is 47.5 Å². The summed E-state index contributed by atoms with van der Waals surface area (Å²) < 4.78 is 0. The number of carbonyl (C=O) groups is 2. The first-order valence-corrected chi connectivity index (χ1v) is 6.49. The van der Waals surface area contributed by atoms with E-state index in [4.69, 9.17) is 5.11 Å². The van der Waals surface area contributed by atoms with Crippen molar-refractivity contribution >= 4 is 12.0 Å². The second-order valence-corrected chi connectivity index (χ2v) is 5.41. The summed E-state index contributed by atoms with van der Waals surface area (Å²) in [6, 6.07) is -0.481. The molecule has 0 rings (SSSR count). The van der Waals surface area contributed by atoms with E-state index >= 15 is 0 Å². The highest BCUT2D eigenvalue weighted by atomic mass is 16.4. The van der Waals surface area contributed by atoms with Crippen molar-refractivity contribution in [3.63, 3.8) is 0 Å². The Balaban J connectivity index is 4.39. The van der Waals surface area contributed by atoms with E-state index in [9.17, 15) is 9.59 Å². The molecule has 1 unspecified atom stereocenters. The van der Waals surface area contributed by atoms with Crippen molar-refractivity contribution in [1.29, 1.82) is 0 Å². The Morgan fingerprint density at radius 3 is 2.28 bits per heavy atom. The molecule has 5 nitrogen and oxygen atoms in total. The summed E-state index contributed by atoms with van der Waals surface area (Å²) in [5.74, 6) is -0.886. The molecule has 1 atom stereocenters. The van der Waals surface area contributed by atoms with E-state index in [2.05, 4.69) is 26.1 Å². The van der Waals surface area contributed by atoms with Crippen molar-refractivity contribution in [2.24, 2.45) is 5.41 Å². The molecular weight excluding hydrogens is 232 g/mol. The number of hydrogen-bond acceptors (Lipinski definition) is 2. The Hall–Kier alpha value is -1.26. The molecule has 5 heteroatoms. The van der Waals surface area contributed by atoms with Gasteiger partial charge in [0, 0.05) is 19.1 Å². The molecule has 2 N–H and O–H groups in total. The molecule has 0 aromatic rings. The second-order valence-electron chi connectivity index (χ2n) is 5.41. The SMILES string of the molecule is CCN(C(=O)NCC(C)(C)CC)C(C)CC(=O)O. The lowest BCUT2D eigenvalue weighted by Gasteiger charge is -2.30. The summed E-state index contributed by atoms with van der Waals surface area (Å²) >= 11 is 0. The maximum Gasteiger partial charge on any atom is 0.317 e. The molecule has 0 spiro atoms. The van der Waals surface area contributed by atoms with Gasteiger partial charge < -0.3 is 15.3 Å². The quantitative estimate of drug-likeness (QED) is 0.736. The van der Waals surface area contributed by atoms with Crippen LogP contribution in [-0.4, -0.2) is 41.1 Å². The standard InChI is InChI=1S/C13H26N2O3/c1-6-13(4,5)9-14-12(18)15(7-2)10(3)8-11(16)17/h10H,6-9H2,1-5H3,(H,14,18)(H,16,17). The zero-order valence-electron chi connectivity index (χ0n) is 12.1. The zero-order chi connectivity index (χ0) is 14.3. The van der Waals surface area contributed by atoms with Crippen molar-refractivity contribution in [3.8, 4) is 0 Å². The van der Waals surface area contributed by atoms with Crippen LogP contribution in [0, 0.1) is 5.41 Å². The molecule has 0 aromatic carbocycles. The first-order chi connectivity index (χ1) is 8.23. The number of urea groups is 1. The smallest absolute Gasteiger partial charge is 0.317 e. The molecule has 0 aromatic heterocycles. The van der Waals surface area contributed by atoms with Crippen molar-refractivity contribution in [2.75, 3.05) is 13.1 Å². The van der Waals surface area contributed by atoms with Gasteiger partial charge in [0.15, 0.2) is 0 Å². The summed E-state index contributed by atoms with van der Waals surface area (Å²) in [6.07, 6.45) is 0.947. The highest BCUT2D eigenvalue weighted by Gasteiger charge is 2.22. The van der Waals surface area contributed by atoms with Crippen LogP contribution >= 0.6 is 0 Å². The third kappa shape index (κ3) is 5.89. The average Bonchev–Trinajstić information content (AvgIpc) is 2.26. The van der Waals surface area contributed by atoms with E-state index in [-0.39, 0.29) is 23.9 Å². The van der Waals surface area contributed by atoms with Crippen molar-refractivity contribution in [2.45, 2.75) is 53.5 Å². The molecule has 0 heterocycles. The Morgan fingerprint density at radius 1 is 1.33 bits per heavy atom. The summed E-state index contributed by atoms with van der Waals surface area (Å²) in [7, 11) is 0. The normalized spacial score (nSPS) is 12.9. The number of rotatable bonds is 7. The van der Waals surface area contributed by atoms with Crippen LogP contribution in [-0.2, 0) is 4.79 Å². The van der Waals surface area contributed by atoms with Gasteiger partial charge in [-0.2, -0.15) is 0 Å². The topological polar surface area (TPSA) is 69.6 Å². The summed E-state index contributed by atoms with van der Waals surface area (Å²) in [6.45, 7) is 11.0. The highest BCUT2D eigenvalue weighted by molar-refractivity contribution is 5.75. The molecule has 0 saturated carbocycles. The van der Waals surface area contributed by atoms with Gasteiger partial charge in [0.1, 0.15) is 0 Å².